The second kappa shape index (κ2) is 4.64. The summed E-state index contributed by atoms with van der Waals surface area (Å²) in [6.07, 6.45) is 1.92. The lowest BCUT2D eigenvalue weighted by Crippen LogP contribution is -2.03. The number of ether oxygens (including phenoxy) is 1. The molecule has 0 N–H and O–H groups in total. The van der Waals surface area contributed by atoms with E-state index in [-0.39, 0.29) is 11.7 Å². The van der Waals surface area contributed by atoms with Gasteiger partial charge in [0.2, 0.25) is 0 Å². The van der Waals surface area contributed by atoms with Crippen LogP contribution < -0.4 is 4.74 Å². The van der Waals surface area contributed by atoms with Gasteiger partial charge in [-0.15, -0.1) is 0 Å². The summed E-state index contributed by atoms with van der Waals surface area (Å²) in [6, 6.07) is 3.22. The maximum absolute atomic E-state index is 11.9. The van der Waals surface area contributed by atoms with Crippen LogP contribution in [0.3, 0.4) is 0 Å². The Kier molecular flexibility index (Phi) is 3.41. The fourth-order valence-electron chi connectivity index (χ4n) is 1.55. The summed E-state index contributed by atoms with van der Waals surface area (Å²) in [5.41, 5.74) is 0.512. The molecule has 2 nitrogen and oxygen atoms in total. The molecule has 86 valence electrons. The van der Waals surface area contributed by atoms with Gasteiger partial charge in [-0.1, -0.05) is 23.2 Å². The van der Waals surface area contributed by atoms with Gasteiger partial charge in [0.25, 0.3) is 0 Å². The van der Waals surface area contributed by atoms with Crippen LogP contribution >= 0.6 is 23.2 Å². The standard InChI is InChI=1S/C12H12Cl2O2/c1-2-16-11-6-9(13)8(5-10(11)14)12(15)7-3-4-7/h5-7H,2-4H2,1H3. The minimum atomic E-state index is 0.0925. The van der Waals surface area contributed by atoms with Crippen LogP contribution in [0, 0.1) is 5.92 Å². The molecule has 16 heavy (non-hydrogen) atoms. The molecule has 1 aromatic rings. The van der Waals surface area contributed by atoms with Gasteiger partial charge in [-0.05, 0) is 25.8 Å². The molecule has 1 fully saturated rings. The molecule has 0 aliphatic heterocycles. The van der Waals surface area contributed by atoms with E-state index in [1.807, 2.05) is 6.92 Å². The zero-order chi connectivity index (χ0) is 11.7. The van der Waals surface area contributed by atoms with Gasteiger partial charge in [-0.25, -0.2) is 0 Å². The van der Waals surface area contributed by atoms with Crippen LogP contribution in [0.5, 0.6) is 5.75 Å². The van der Waals surface area contributed by atoms with Crippen molar-refractivity contribution >= 4 is 29.0 Å². The molecule has 0 spiro atoms. The van der Waals surface area contributed by atoms with Gasteiger partial charge in [0.15, 0.2) is 5.78 Å². The normalized spacial score (nSPS) is 14.9. The van der Waals surface area contributed by atoms with Gasteiger partial charge in [0.1, 0.15) is 5.75 Å². The monoisotopic (exact) mass is 258 g/mol. The van der Waals surface area contributed by atoms with E-state index in [0.717, 1.165) is 12.8 Å². The predicted molar refractivity (Wildman–Crippen MR) is 64.7 cm³/mol. The van der Waals surface area contributed by atoms with Crippen LogP contribution in [0.1, 0.15) is 30.1 Å². The van der Waals surface area contributed by atoms with Crippen LogP contribution in [0.15, 0.2) is 12.1 Å². The number of halogens is 2. The maximum atomic E-state index is 11.9. The first kappa shape index (κ1) is 11.7. The van der Waals surface area contributed by atoms with E-state index in [2.05, 4.69) is 0 Å². The molecule has 4 heteroatoms. The van der Waals surface area contributed by atoms with Crippen LogP contribution in [0.4, 0.5) is 0 Å². The molecule has 0 aromatic heterocycles. The summed E-state index contributed by atoms with van der Waals surface area (Å²) in [5.74, 6) is 0.767. The fourth-order valence-corrected chi connectivity index (χ4v) is 2.01. The van der Waals surface area contributed by atoms with Crippen molar-refractivity contribution in [2.45, 2.75) is 19.8 Å². The van der Waals surface area contributed by atoms with Gasteiger partial charge in [-0.3, -0.25) is 4.79 Å². The minimum absolute atomic E-state index is 0.0925. The van der Waals surface area contributed by atoms with Crippen LogP contribution in [0.25, 0.3) is 0 Å². The lowest BCUT2D eigenvalue weighted by molar-refractivity contribution is 0.0968. The third-order valence-corrected chi connectivity index (χ3v) is 3.14. The zero-order valence-electron chi connectivity index (χ0n) is 8.93. The van der Waals surface area contributed by atoms with Crippen molar-refractivity contribution < 1.29 is 9.53 Å². The third-order valence-electron chi connectivity index (χ3n) is 2.54. The van der Waals surface area contributed by atoms with Gasteiger partial charge in [0.05, 0.1) is 16.7 Å². The highest BCUT2D eigenvalue weighted by molar-refractivity contribution is 6.37. The van der Waals surface area contributed by atoms with E-state index in [0.29, 0.717) is 28.0 Å². The molecule has 0 atom stereocenters. The molecule has 0 unspecified atom stereocenters. The zero-order valence-corrected chi connectivity index (χ0v) is 10.4. The molecule has 0 radical (unpaired) electrons. The molecule has 1 aromatic carbocycles. The summed E-state index contributed by atoms with van der Waals surface area (Å²) < 4.78 is 5.30. The predicted octanol–water partition coefficient (Wildman–Crippen LogP) is 3.98. The van der Waals surface area contributed by atoms with Crippen molar-refractivity contribution in [3.63, 3.8) is 0 Å². The van der Waals surface area contributed by atoms with Crippen molar-refractivity contribution in [3.8, 4) is 5.75 Å². The molecule has 0 bridgehead atoms. The molecule has 0 saturated heterocycles. The SMILES string of the molecule is CCOc1cc(Cl)c(C(=O)C2CC2)cc1Cl. The van der Waals surface area contributed by atoms with E-state index in [9.17, 15) is 4.79 Å². The Balaban J connectivity index is 2.32. The highest BCUT2D eigenvalue weighted by Gasteiger charge is 2.32. The number of carbonyl (C=O) groups excluding carboxylic acids is 1. The van der Waals surface area contributed by atoms with E-state index in [1.54, 1.807) is 12.1 Å². The molecule has 1 aliphatic rings. The second-order valence-electron chi connectivity index (χ2n) is 3.83. The Bertz CT molecular complexity index is 425. The number of hydrogen-bond donors (Lipinski definition) is 0. The molecule has 1 saturated carbocycles. The van der Waals surface area contributed by atoms with Gasteiger partial charge in [-0.2, -0.15) is 0 Å². The molecule has 2 rings (SSSR count). The largest absolute Gasteiger partial charge is 0.492 e. The number of benzene rings is 1. The summed E-state index contributed by atoms with van der Waals surface area (Å²) in [7, 11) is 0. The molecular formula is C12H12Cl2O2. The quantitative estimate of drug-likeness (QED) is 0.764. The van der Waals surface area contributed by atoms with Crippen molar-refractivity contribution in [1.82, 2.24) is 0 Å². The lowest BCUT2D eigenvalue weighted by atomic mass is 10.1. The van der Waals surface area contributed by atoms with Crippen molar-refractivity contribution in [2.24, 2.45) is 5.92 Å². The molecular weight excluding hydrogens is 247 g/mol. The molecule has 0 amide bonds. The van der Waals surface area contributed by atoms with Gasteiger partial charge >= 0.3 is 0 Å². The first-order chi connectivity index (χ1) is 7.63. The van der Waals surface area contributed by atoms with Gasteiger partial charge in [0, 0.05) is 17.5 Å². The van der Waals surface area contributed by atoms with Crippen molar-refractivity contribution in [1.29, 1.82) is 0 Å². The summed E-state index contributed by atoms with van der Waals surface area (Å²) in [5, 5.41) is 0.861. The topological polar surface area (TPSA) is 26.3 Å². The van der Waals surface area contributed by atoms with E-state index < -0.39 is 0 Å². The first-order valence-electron chi connectivity index (χ1n) is 5.29. The Morgan fingerprint density at radius 2 is 2.06 bits per heavy atom. The Morgan fingerprint density at radius 1 is 1.38 bits per heavy atom. The Hall–Kier alpha value is -0.730. The molecule has 0 heterocycles. The minimum Gasteiger partial charge on any atom is -0.492 e. The number of carbonyl (C=O) groups is 1. The van der Waals surface area contributed by atoms with E-state index >= 15 is 0 Å². The average Bonchev–Trinajstić information content (AvgIpc) is 3.06. The number of Topliss-reactive ketones (excluding diaryl/α,β-unsaturated/α-hetero) is 1. The lowest BCUT2D eigenvalue weighted by Gasteiger charge is -2.09. The smallest absolute Gasteiger partial charge is 0.167 e. The Morgan fingerprint density at radius 3 is 2.62 bits per heavy atom. The molecule has 1 aliphatic carbocycles. The highest BCUT2D eigenvalue weighted by atomic mass is 35.5. The Labute approximate surface area is 104 Å². The second-order valence-corrected chi connectivity index (χ2v) is 4.65. The van der Waals surface area contributed by atoms with Crippen molar-refractivity contribution in [3.05, 3.63) is 27.7 Å². The fraction of sp³-hybridized carbons (Fsp3) is 0.417. The third kappa shape index (κ3) is 2.33. The van der Waals surface area contributed by atoms with E-state index in [1.165, 1.54) is 0 Å². The van der Waals surface area contributed by atoms with Crippen molar-refractivity contribution in [2.75, 3.05) is 6.61 Å². The summed E-state index contributed by atoms with van der Waals surface area (Å²) in [4.78, 5) is 11.9. The highest BCUT2D eigenvalue weighted by Crippen LogP contribution is 2.37. The first-order valence-corrected chi connectivity index (χ1v) is 6.05. The van der Waals surface area contributed by atoms with Crippen LogP contribution in [-0.4, -0.2) is 12.4 Å². The number of rotatable bonds is 4. The van der Waals surface area contributed by atoms with Gasteiger partial charge < -0.3 is 4.74 Å². The number of hydrogen-bond acceptors (Lipinski definition) is 2. The maximum Gasteiger partial charge on any atom is 0.167 e. The van der Waals surface area contributed by atoms with Crippen LogP contribution in [0.2, 0.25) is 10.0 Å². The van der Waals surface area contributed by atoms with E-state index in [4.69, 9.17) is 27.9 Å². The summed E-state index contributed by atoms with van der Waals surface area (Å²) in [6.45, 7) is 2.39. The number of ketones is 1. The van der Waals surface area contributed by atoms with Crippen LogP contribution in [-0.2, 0) is 0 Å². The average molecular weight is 259 g/mol. The summed E-state index contributed by atoms with van der Waals surface area (Å²) >= 11 is 12.1.